The maximum absolute atomic E-state index is 13.0. The molecule has 0 radical (unpaired) electrons. The van der Waals surface area contributed by atoms with E-state index in [-0.39, 0.29) is 39.1 Å². The molecule has 9 nitrogen and oxygen atoms in total. The van der Waals surface area contributed by atoms with Gasteiger partial charge in [-0.1, -0.05) is 60.1 Å². The second kappa shape index (κ2) is 10.7. The summed E-state index contributed by atoms with van der Waals surface area (Å²) in [5, 5.41) is 63.5. The van der Waals surface area contributed by atoms with Gasteiger partial charge in [-0.05, 0) is 103 Å². The van der Waals surface area contributed by atoms with Crippen LogP contribution in [0.3, 0.4) is 0 Å². The first-order valence-electron chi connectivity index (χ1n) is 17.4. The molecule has 6 aliphatic rings. The van der Waals surface area contributed by atoms with Gasteiger partial charge in [-0.3, -0.25) is 4.79 Å². The Morgan fingerprint density at radius 2 is 1.58 bits per heavy atom. The van der Waals surface area contributed by atoms with E-state index in [1.807, 2.05) is 0 Å². The van der Waals surface area contributed by atoms with Gasteiger partial charge in [0, 0.05) is 0 Å². The number of aliphatic hydroxyl groups is 5. The van der Waals surface area contributed by atoms with Crippen molar-refractivity contribution in [2.75, 3.05) is 6.61 Å². The van der Waals surface area contributed by atoms with E-state index in [4.69, 9.17) is 9.47 Å². The predicted octanol–water partition coefficient (Wildman–Crippen LogP) is 4.03. The third-order valence-electron chi connectivity index (χ3n) is 15.2. The molecule has 0 unspecified atom stereocenters. The van der Waals surface area contributed by atoms with Crippen LogP contribution in [0.1, 0.15) is 106 Å². The Bertz CT molecular complexity index is 1210. The smallest absolute Gasteiger partial charge is 0.312 e. The van der Waals surface area contributed by atoms with Crippen LogP contribution >= 0.6 is 0 Å². The number of hydrogen-bond acceptors (Lipinski definition) is 8. The maximum atomic E-state index is 13.0. The van der Waals surface area contributed by atoms with Crippen LogP contribution in [0.15, 0.2) is 11.6 Å². The molecule has 1 aliphatic heterocycles. The Morgan fingerprint density at radius 3 is 2.22 bits per heavy atom. The molecular formula is C36H58O9. The first kappa shape index (κ1) is 33.8. The SMILES string of the molecule is CC1(C)CC[C@]2(C(=O)O)[C@H](O)C[C@]3(C)C(=CC[C@@H]4[C@@]5(C)CC[C@H](O[C@@H]6O[C@H](CO)[C@@H](O)[C@H](O)[C@H]6O)C(C)(C)[C@@H]5CC[C@]43C)[C@H]2C1. The summed E-state index contributed by atoms with van der Waals surface area (Å²) in [7, 11) is 0. The number of carboxylic acid groups (broad SMARTS) is 1. The summed E-state index contributed by atoms with van der Waals surface area (Å²) >= 11 is 0. The Kier molecular flexibility index (Phi) is 8.05. The molecule has 45 heavy (non-hydrogen) atoms. The fourth-order valence-electron chi connectivity index (χ4n) is 12.3. The number of hydrogen-bond donors (Lipinski definition) is 6. The number of carbonyl (C=O) groups is 1. The summed E-state index contributed by atoms with van der Waals surface area (Å²) in [5.41, 5.74) is -0.571. The highest BCUT2D eigenvalue weighted by molar-refractivity contribution is 5.77. The van der Waals surface area contributed by atoms with Gasteiger partial charge >= 0.3 is 5.97 Å². The zero-order chi connectivity index (χ0) is 33.1. The van der Waals surface area contributed by atoms with Crippen molar-refractivity contribution >= 4 is 5.97 Å². The van der Waals surface area contributed by atoms with Crippen molar-refractivity contribution in [1.29, 1.82) is 0 Å². The van der Waals surface area contributed by atoms with Crippen LogP contribution in [0.5, 0.6) is 0 Å². The first-order chi connectivity index (χ1) is 20.8. The molecule has 6 N–H and O–H groups in total. The number of fused-ring (bicyclic) bond motifs is 7. The van der Waals surface area contributed by atoms with Crippen LogP contribution in [0.4, 0.5) is 0 Å². The van der Waals surface area contributed by atoms with E-state index >= 15 is 0 Å². The fourth-order valence-corrected chi connectivity index (χ4v) is 12.3. The monoisotopic (exact) mass is 634 g/mol. The van der Waals surface area contributed by atoms with Crippen molar-refractivity contribution in [3.8, 4) is 0 Å². The molecular weight excluding hydrogens is 576 g/mol. The molecule has 0 bridgehead atoms. The van der Waals surface area contributed by atoms with E-state index in [0.29, 0.717) is 24.7 Å². The molecule has 256 valence electrons. The zero-order valence-electron chi connectivity index (χ0n) is 28.3. The maximum Gasteiger partial charge on any atom is 0.312 e. The van der Waals surface area contributed by atoms with Gasteiger partial charge in [0.15, 0.2) is 6.29 Å². The van der Waals surface area contributed by atoms with Crippen molar-refractivity contribution in [3.63, 3.8) is 0 Å². The average molecular weight is 635 g/mol. The number of aliphatic hydroxyl groups excluding tert-OH is 5. The van der Waals surface area contributed by atoms with Gasteiger partial charge < -0.3 is 40.1 Å². The highest BCUT2D eigenvalue weighted by atomic mass is 16.7. The molecule has 0 amide bonds. The van der Waals surface area contributed by atoms with Gasteiger partial charge in [0.1, 0.15) is 29.8 Å². The highest BCUT2D eigenvalue weighted by Crippen LogP contribution is 2.76. The summed E-state index contributed by atoms with van der Waals surface area (Å²) < 4.78 is 12.2. The number of carboxylic acids is 1. The number of ether oxygens (including phenoxy) is 2. The Labute approximate surface area is 268 Å². The zero-order valence-corrected chi connectivity index (χ0v) is 28.3. The molecule has 4 saturated carbocycles. The molecule has 5 aliphatic carbocycles. The molecule has 9 heteroatoms. The van der Waals surface area contributed by atoms with Gasteiger partial charge in [-0.15, -0.1) is 0 Å². The average Bonchev–Trinajstić information content (AvgIpc) is 2.94. The summed E-state index contributed by atoms with van der Waals surface area (Å²) in [5.74, 6) is -0.382. The van der Waals surface area contributed by atoms with E-state index in [1.165, 1.54) is 5.57 Å². The quantitative estimate of drug-likeness (QED) is 0.199. The molecule has 6 rings (SSSR count). The van der Waals surface area contributed by atoms with Gasteiger partial charge in [0.25, 0.3) is 0 Å². The lowest BCUT2D eigenvalue weighted by molar-refractivity contribution is -0.330. The molecule has 14 atom stereocenters. The summed E-state index contributed by atoms with van der Waals surface area (Å²) in [6.45, 7) is 15.6. The summed E-state index contributed by atoms with van der Waals surface area (Å²) in [6, 6.07) is 0. The predicted molar refractivity (Wildman–Crippen MR) is 167 cm³/mol. The lowest BCUT2D eigenvalue weighted by Crippen LogP contribution is -2.68. The minimum absolute atomic E-state index is 0.0210. The second-order valence-electron chi connectivity index (χ2n) is 18.0. The van der Waals surface area contributed by atoms with Crippen LogP contribution in [0.2, 0.25) is 0 Å². The summed E-state index contributed by atoms with van der Waals surface area (Å²) in [4.78, 5) is 13.0. The summed E-state index contributed by atoms with van der Waals surface area (Å²) in [6.07, 6.45) is 1.79. The van der Waals surface area contributed by atoms with E-state index in [0.717, 1.165) is 44.9 Å². The second-order valence-corrected chi connectivity index (χ2v) is 18.0. The molecule has 0 aromatic heterocycles. The van der Waals surface area contributed by atoms with Crippen molar-refractivity contribution in [2.24, 2.45) is 50.2 Å². The highest BCUT2D eigenvalue weighted by Gasteiger charge is 2.71. The minimum atomic E-state index is -1.47. The fraction of sp³-hybridized carbons (Fsp3) is 0.917. The topological polar surface area (TPSA) is 157 Å². The molecule has 0 aromatic carbocycles. The van der Waals surface area contributed by atoms with Crippen LogP contribution in [-0.2, 0) is 14.3 Å². The Morgan fingerprint density at radius 1 is 0.889 bits per heavy atom. The van der Waals surface area contributed by atoms with Crippen molar-refractivity contribution in [2.45, 2.75) is 149 Å². The van der Waals surface area contributed by atoms with E-state index in [2.05, 4.69) is 54.5 Å². The third-order valence-corrected chi connectivity index (χ3v) is 15.2. The molecule has 1 heterocycles. The van der Waals surface area contributed by atoms with Gasteiger partial charge in [0.2, 0.25) is 0 Å². The van der Waals surface area contributed by atoms with Crippen LogP contribution in [0, 0.1) is 50.2 Å². The van der Waals surface area contributed by atoms with Crippen molar-refractivity contribution in [1.82, 2.24) is 0 Å². The largest absolute Gasteiger partial charge is 0.481 e. The van der Waals surface area contributed by atoms with E-state index < -0.39 is 54.8 Å². The van der Waals surface area contributed by atoms with Crippen LogP contribution in [-0.4, -0.2) is 86.1 Å². The van der Waals surface area contributed by atoms with Crippen LogP contribution < -0.4 is 0 Å². The van der Waals surface area contributed by atoms with Crippen LogP contribution in [0.25, 0.3) is 0 Å². The van der Waals surface area contributed by atoms with Gasteiger partial charge in [-0.25, -0.2) is 0 Å². The first-order valence-corrected chi connectivity index (χ1v) is 17.4. The standard InChI is InChI=1S/C36H58O9/c1-31(2)14-15-36(30(42)43)20(16-31)19-8-9-23-33(5)12-11-25(45-29-28(41)27(40)26(39)21(18-37)44-29)32(3,4)22(33)10-13-34(23,6)35(19,7)17-24(36)38/h8,20-29,37-41H,9-18H2,1-7H3,(H,42,43)/t20-,21-,22+,23-,24-,25+,26-,27+,28-,29+,33+,34-,35-,36-/m1/s1. The molecule has 0 spiro atoms. The lowest BCUT2D eigenvalue weighted by atomic mass is 9.33. The third kappa shape index (κ3) is 4.54. The Hall–Kier alpha value is -1.07. The molecule has 0 aromatic rings. The lowest BCUT2D eigenvalue weighted by Gasteiger charge is -2.71. The van der Waals surface area contributed by atoms with Gasteiger partial charge in [0.05, 0.1) is 18.8 Å². The number of allylic oxidation sites excluding steroid dienone is 2. The normalized spacial score (nSPS) is 53.6. The van der Waals surface area contributed by atoms with E-state index in [1.54, 1.807) is 0 Å². The minimum Gasteiger partial charge on any atom is -0.481 e. The Balaban J connectivity index is 1.31. The van der Waals surface area contributed by atoms with Gasteiger partial charge in [-0.2, -0.15) is 0 Å². The number of aliphatic carboxylic acids is 1. The van der Waals surface area contributed by atoms with E-state index in [9.17, 15) is 35.4 Å². The molecule has 1 saturated heterocycles. The van der Waals surface area contributed by atoms with Crippen molar-refractivity contribution in [3.05, 3.63) is 11.6 Å². The van der Waals surface area contributed by atoms with Crippen molar-refractivity contribution < 1.29 is 44.9 Å². The number of rotatable bonds is 4. The molecule has 5 fully saturated rings.